The molecular weight excluding hydrogens is 358 g/mol. The van der Waals surface area contributed by atoms with Crippen molar-refractivity contribution in [1.82, 2.24) is 19.9 Å². The number of aromatic nitrogens is 3. The first-order valence-electron chi connectivity index (χ1n) is 9.08. The fourth-order valence-electron chi connectivity index (χ4n) is 3.34. The summed E-state index contributed by atoms with van der Waals surface area (Å²) in [7, 11) is 3.77. The smallest absolute Gasteiger partial charge is 0.254 e. The molecule has 2 aromatic heterocycles. The Balaban J connectivity index is 1.51. The van der Waals surface area contributed by atoms with E-state index in [1.807, 2.05) is 37.2 Å². The van der Waals surface area contributed by atoms with E-state index in [1.165, 1.54) is 6.07 Å². The highest BCUT2D eigenvalue weighted by Crippen LogP contribution is 2.22. The van der Waals surface area contributed by atoms with Crippen molar-refractivity contribution in [3.63, 3.8) is 0 Å². The SMILES string of the molecule is CN(C)c1cncc(O[C@@H]2CCN(C(=O)c3cc(=O)[nH]c4ccccc34)C2)n1. The van der Waals surface area contributed by atoms with E-state index in [0.717, 1.165) is 5.39 Å². The molecule has 0 spiro atoms. The van der Waals surface area contributed by atoms with Gasteiger partial charge in [0.2, 0.25) is 11.4 Å². The van der Waals surface area contributed by atoms with Crippen molar-refractivity contribution in [1.29, 1.82) is 0 Å². The number of nitrogens with zero attached hydrogens (tertiary/aromatic N) is 4. The number of para-hydroxylation sites is 1. The maximum absolute atomic E-state index is 13.0. The maximum Gasteiger partial charge on any atom is 0.254 e. The van der Waals surface area contributed by atoms with Crippen LogP contribution in [-0.4, -0.2) is 59.0 Å². The molecule has 8 nitrogen and oxygen atoms in total. The van der Waals surface area contributed by atoms with Crippen LogP contribution in [0.2, 0.25) is 0 Å². The van der Waals surface area contributed by atoms with Gasteiger partial charge in [-0.1, -0.05) is 18.2 Å². The molecule has 8 heteroatoms. The predicted molar refractivity (Wildman–Crippen MR) is 106 cm³/mol. The number of carbonyl (C=O) groups is 1. The number of H-pyrrole nitrogens is 1. The number of benzene rings is 1. The van der Waals surface area contributed by atoms with Crippen molar-refractivity contribution in [3.8, 4) is 5.88 Å². The Kier molecular flexibility index (Phi) is 4.68. The summed E-state index contributed by atoms with van der Waals surface area (Å²) in [5.74, 6) is 0.979. The first-order valence-corrected chi connectivity index (χ1v) is 9.08. The molecule has 1 aliphatic heterocycles. The highest BCUT2D eigenvalue weighted by Gasteiger charge is 2.29. The third kappa shape index (κ3) is 3.53. The van der Waals surface area contributed by atoms with Crippen molar-refractivity contribution in [2.45, 2.75) is 12.5 Å². The first-order chi connectivity index (χ1) is 13.5. The second-order valence-electron chi connectivity index (χ2n) is 6.98. The lowest BCUT2D eigenvalue weighted by Gasteiger charge is -2.18. The van der Waals surface area contributed by atoms with E-state index >= 15 is 0 Å². The Morgan fingerprint density at radius 3 is 2.93 bits per heavy atom. The minimum absolute atomic E-state index is 0.163. The molecule has 0 bridgehead atoms. The molecule has 1 saturated heterocycles. The second kappa shape index (κ2) is 7.30. The summed E-state index contributed by atoms with van der Waals surface area (Å²) in [4.78, 5) is 39.9. The van der Waals surface area contributed by atoms with Crippen molar-refractivity contribution in [2.24, 2.45) is 0 Å². The normalized spacial score (nSPS) is 16.4. The van der Waals surface area contributed by atoms with Gasteiger partial charge in [0.25, 0.3) is 5.91 Å². The Morgan fingerprint density at radius 1 is 1.29 bits per heavy atom. The Morgan fingerprint density at radius 2 is 2.11 bits per heavy atom. The number of ether oxygens (including phenoxy) is 1. The van der Waals surface area contributed by atoms with Crippen LogP contribution in [0.4, 0.5) is 5.82 Å². The molecule has 0 saturated carbocycles. The summed E-state index contributed by atoms with van der Waals surface area (Å²) in [6.45, 7) is 0.999. The number of amides is 1. The molecule has 0 radical (unpaired) electrons. The van der Waals surface area contributed by atoms with E-state index in [4.69, 9.17) is 4.74 Å². The molecule has 3 heterocycles. The van der Waals surface area contributed by atoms with Gasteiger partial charge in [-0.15, -0.1) is 0 Å². The van der Waals surface area contributed by atoms with Gasteiger partial charge in [-0.2, -0.15) is 4.98 Å². The molecule has 144 valence electrons. The molecule has 1 aliphatic rings. The minimum atomic E-state index is -0.287. The molecule has 3 aromatic rings. The van der Waals surface area contributed by atoms with E-state index in [9.17, 15) is 9.59 Å². The molecule has 4 rings (SSSR count). The van der Waals surface area contributed by atoms with Crippen LogP contribution >= 0.6 is 0 Å². The average molecular weight is 379 g/mol. The van der Waals surface area contributed by atoms with Crippen LogP contribution < -0.4 is 15.2 Å². The van der Waals surface area contributed by atoms with Gasteiger partial charge in [0, 0.05) is 44.0 Å². The maximum atomic E-state index is 13.0. The topological polar surface area (TPSA) is 91.4 Å². The number of nitrogens with one attached hydrogen (secondary N) is 1. The molecule has 1 atom stereocenters. The monoisotopic (exact) mass is 379 g/mol. The van der Waals surface area contributed by atoms with Gasteiger partial charge < -0.3 is 19.5 Å². The van der Waals surface area contributed by atoms with E-state index in [2.05, 4.69) is 15.0 Å². The van der Waals surface area contributed by atoms with E-state index in [1.54, 1.807) is 23.4 Å². The molecule has 0 aliphatic carbocycles. The Hall–Kier alpha value is -3.42. The van der Waals surface area contributed by atoms with Crippen LogP contribution in [0.1, 0.15) is 16.8 Å². The molecule has 1 aromatic carbocycles. The third-order valence-electron chi connectivity index (χ3n) is 4.76. The van der Waals surface area contributed by atoms with Crippen LogP contribution in [0.25, 0.3) is 10.9 Å². The van der Waals surface area contributed by atoms with Crippen molar-refractivity contribution in [2.75, 3.05) is 32.1 Å². The number of carbonyl (C=O) groups excluding carboxylic acids is 1. The van der Waals surface area contributed by atoms with Gasteiger partial charge in [-0.3, -0.25) is 14.6 Å². The Labute approximate surface area is 161 Å². The largest absolute Gasteiger partial charge is 0.471 e. The van der Waals surface area contributed by atoms with Crippen LogP contribution in [0.5, 0.6) is 5.88 Å². The number of pyridine rings is 1. The van der Waals surface area contributed by atoms with Gasteiger partial charge in [-0.05, 0) is 6.07 Å². The van der Waals surface area contributed by atoms with Gasteiger partial charge in [0.15, 0.2) is 5.82 Å². The van der Waals surface area contributed by atoms with Crippen molar-refractivity contribution < 1.29 is 9.53 Å². The third-order valence-corrected chi connectivity index (χ3v) is 4.76. The highest BCUT2D eigenvalue weighted by atomic mass is 16.5. The van der Waals surface area contributed by atoms with Crippen LogP contribution in [0, 0.1) is 0 Å². The minimum Gasteiger partial charge on any atom is -0.471 e. The van der Waals surface area contributed by atoms with E-state index in [-0.39, 0.29) is 17.6 Å². The molecule has 1 amide bonds. The number of aromatic amines is 1. The summed E-state index contributed by atoms with van der Waals surface area (Å²) in [6.07, 6.45) is 3.77. The number of rotatable bonds is 4. The lowest BCUT2D eigenvalue weighted by molar-refractivity contribution is 0.0773. The van der Waals surface area contributed by atoms with E-state index in [0.29, 0.717) is 42.3 Å². The summed E-state index contributed by atoms with van der Waals surface area (Å²) in [5, 5.41) is 0.737. The fraction of sp³-hybridized carbons (Fsp3) is 0.300. The summed E-state index contributed by atoms with van der Waals surface area (Å²) >= 11 is 0. The van der Waals surface area contributed by atoms with Crippen molar-refractivity contribution in [3.05, 3.63) is 58.6 Å². The van der Waals surface area contributed by atoms with Gasteiger partial charge >= 0.3 is 0 Å². The molecule has 0 unspecified atom stereocenters. The predicted octanol–water partition coefficient (Wildman–Crippen LogP) is 1.68. The zero-order valence-corrected chi connectivity index (χ0v) is 15.8. The van der Waals surface area contributed by atoms with Crippen LogP contribution in [-0.2, 0) is 0 Å². The number of anilines is 1. The quantitative estimate of drug-likeness (QED) is 0.742. The Bertz CT molecular complexity index is 1080. The fourth-order valence-corrected chi connectivity index (χ4v) is 3.34. The molecule has 1 fully saturated rings. The molecular formula is C20H21N5O3. The molecule has 28 heavy (non-hydrogen) atoms. The number of likely N-dealkylation sites (tertiary alicyclic amines) is 1. The lowest BCUT2D eigenvalue weighted by atomic mass is 10.1. The summed E-state index contributed by atoms with van der Waals surface area (Å²) in [6, 6.07) is 8.68. The van der Waals surface area contributed by atoms with Gasteiger partial charge in [-0.25, -0.2) is 0 Å². The lowest BCUT2D eigenvalue weighted by Crippen LogP contribution is -2.32. The van der Waals surface area contributed by atoms with E-state index < -0.39 is 0 Å². The summed E-state index contributed by atoms with van der Waals surface area (Å²) in [5.41, 5.74) is 0.778. The van der Waals surface area contributed by atoms with Crippen molar-refractivity contribution >= 4 is 22.6 Å². The average Bonchev–Trinajstić information content (AvgIpc) is 3.15. The zero-order valence-electron chi connectivity index (χ0n) is 15.8. The van der Waals surface area contributed by atoms with Crippen LogP contribution in [0.15, 0.2) is 47.5 Å². The standard InChI is InChI=1S/C20H21N5O3/c1-24(2)17-10-21-11-19(23-17)28-13-7-8-25(12-13)20(27)15-9-18(26)22-16-6-4-3-5-14(15)16/h3-6,9-11,13H,7-8,12H2,1-2H3,(H,22,26)/t13-/m1/s1. The van der Waals surface area contributed by atoms with Gasteiger partial charge in [0.05, 0.1) is 24.5 Å². The molecule has 1 N–H and O–H groups in total. The van der Waals surface area contributed by atoms with Gasteiger partial charge in [0.1, 0.15) is 6.10 Å². The summed E-state index contributed by atoms with van der Waals surface area (Å²) < 4.78 is 5.93. The van der Waals surface area contributed by atoms with Crippen LogP contribution in [0.3, 0.4) is 0 Å². The zero-order chi connectivity index (χ0) is 19.7. The first kappa shape index (κ1) is 18.0. The number of fused-ring (bicyclic) bond motifs is 1. The second-order valence-corrected chi connectivity index (χ2v) is 6.98. The number of hydrogen-bond donors (Lipinski definition) is 1. The highest BCUT2D eigenvalue weighted by molar-refractivity contribution is 6.06. The number of hydrogen-bond acceptors (Lipinski definition) is 6.